The van der Waals surface area contributed by atoms with E-state index in [9.17, 15) is 14.9 Å². The van der Waals surface area contributed by atoms with E-state index < -0.39 is 4.92 Å². The number of anilines is 1. The van der Waals surface area contributed by atoms with Crippen molar-refractivity contribution in [3.8, 4) is 0 Å². The molecule has 2 aromatic rings. The summed E-state index contributed by atoms with van der Waals surface area (Å²) in [6.07, 6.45) is 7.51. The van der Waals surface area contributed by atoms with Crippen LogP contribution < -0.4 is 5.32 Å². The summed E-state index contributed by atoms with van der Waals surface area (Å²) >= 11 is 0. The molecule has 4 saturated carbocycles. The lowest BCUT2D eigenvalue weighted by Gasteiger charge is -2.62. The minimum atomic E-state index is -0.440. The number of nitrogens with one attached hydrogen (secondary N) is 1. The predicted molar refractivity (Wildman–Crippen MR) is 112 cm³/mol. The normalized spacial score (nSPS) is 32.1. The van der Waals surface area contributed by atoms with Crippen LogP contribution in [0.15, 0.2) is 54.6 Å². The molecule has 0 heterocycles. The standard InChI is InChI=1S/C24H26N2O3/c27-22(25-20-8-4-5-9-21(20)26(28)29)15-23-11-17-10-18(12-23)14-24(13-17,16-23)19-6-2-1-3-7-19/h1-9,17-18H,10-16H2,(H,25,27)/t17-,18-,23?,24?/m1/s1. The number of rotatable bonds is 5. The number of nitro groups is 1. The van der Waals surface area contributed by atoms with Crippen molar-refractivity contribution >= 4 is 17.3 Å². The third-order valence-electron chi connectivity index (χ3n) is 7.48. The van der Waals surface area contributed by atoms with Gasteiger partial charge in [-0.05, 0) is 72.8 Å². The molecule has 6 rings (SSSR count). The highest BCUT2D eigenvalue weighted by atomic mass is 16.6. The number of amides is 1. The van der Waals surface area contributed by atoms with E-state index in [4.69, 9.17) is 0 Å². The second kappa shape index (κ2) is 6.68. The summed E-state index contributed by atoms with van der Waals surface area (Å²) < 4.78 is 0. The molecule has 0 radical (unpaired) electrons. The minimum Gasteiger partial charge on any atom is -0.320 e. The maximum atomic E-state index is 13.0. The third-order valence-corrected chi connectivity index (χ3v) is 7.48. The van der Waals surface area contributed by atoms with Gasteiger partial charge < -0.3 is 5.32 Å². The molecule has 5 nitrogen and oxygen atoms in total. The van der Waals surface area contributed by atoms with Gasteiger partial charge in [0.25, 0.3) is 5.69 Å². The van der Waals surface area contributed by atoms with Crippen molar-refractivity contribution in [2.24, 2.45) is 17.3 Å². The van der Waals surface area contributed by atoms with Crippen LogP contribution in [-0.2, 0) is 10.2 Å². The number of nitro benzene ring substituents is 1. The van der Waals surface area contributed by atoms with E-state index in [-0.39, 0.29) is 22.4 Å². The Kier molecular flexibility index (Phi) is 4.23. The largest absolute Gasteiger partial charge is 0.320 e. The van der Waals surface area contributed by atoms with E-state index in [1.54, 1.807) is 18.2 Å². The fourth-order valence-corrected chi connectivity index (χ4v) is 7.06. The van der Waals surface area contributed by atoms with Gasteiger partial charge in [0.1, 0.15) is 5.69 Å². The zero-order chi connectivity index (χ0) is 20.1. The van der Waals surface area contributed by atoms with Crippen LogP contribution in [0.25, 0.3) is 0 Å². The fourth-order valence-electron chi connectivity index (χ4n) is 7.06. The Labute approximate surface area is 170 Å². The van der Waals surface area contributed by atoms with Gasteiger partial charge in [0.15, 0.2) is 0 Å². The maximum absolute atomic E-state index is 13.0. The molecule has 0 saturated heterocycles. The lowest BCUT2D eigenvalue weighted by atomic mass is 9.42. The van der Waals surface area contributed by atoms with Gasteiger partial charge in [-0.15, -0.1) is 0 Å². The van der Waals surface area contributed by atoms with Crippen molar-refractivity contribution in [2.75, 3.05) is 5.32 Å². The van der Waals surface area contributed by atoms with Crippen LogP contribution in [0.1, 0.15) is 50.5 Å². The number of carbonyl (C=O) groups is 1. The average molecular weight is 390 g/mol. The summed E-state index contributed by atoms with van der Waals surface area (Å²) in [5, 5.41) is 14.1. The number of hydrogen-bond donors (Lipinski definition) is 1. The zero-order valence-electron chi connectivity index (χ0n) is 16.5. The van der Waals surface area contributed by atoms with E-state index >= 15 is 0 Å². The van der Waals surface area contributed by atoms with Crippen molar-refractivity contribution in [1.82, 2.24) is 0 Å². The van der Waals surface area contributed by atoms with Crippen molar-refractivity contribution in [3.05, 3.63) is 70.3 Å². The monoisotopic (exact) mass is 390 g/mol. The van der Waals surface area contributed by atoms with Crippen LogP contribution in [0.3, 0.4) is 0 Å². The molecule has 4 aliphatic carbocycles. The summed E-state index contributed by atoms with van der Waals surface area (Å²) in [6.45, 7) is 0. The molecular formula is C24H26N2O3. The minimum absolute atomic E-state index is 0.0214. The van der Waals surface area contributed by atoms with Gasteiger partial charge in [-0.1, -0.05) is 42.5 Å². The molecule has 150 valence electrons. The Hall–Kier alpha value is -2.69. The quantitative estimate of drug-likeness (QED) is 0.544. The molecule has 0 aromatic heterocycles. The molecule has 0 unspecified atom stereocenters. The summed E-state index contributed by atoms with van der Waals surface area (Å²) in [6, 6.07) is 17.2. The summed E-state index contributed by atoms with van der Waals surface area (Å²) in [5.74, 6) is 1.29. The predicted octanol–water partition coefficient (Wildman–Crippen LogP) is 5.46. The van der Waals surface area contributed by atoms with Crippen LogP contribution in [0.5, 0.6) is 0 Å². The van der Waals surface area contributed by atoms with E-state index in [2.05, 4.69) is 35.6 Å². The number of nitrogens with zero attached hydrogens (tertiary/aromatic N) is 1. The Balaban J connectivity index is 1.39. The van der Waals surface area contributed by atoms with Crippen LogP contribution in [-0.4, -0.2) is 10.8 Å². The Morgan fingerprint density at radius 3 is 2.34 bits per heavy atom. The molecule has 4 fully saturated rings. The van der Waals surface area contributed by atoms with E-state index in [1.165, 1.54) is 30.9 Å². The topological polar surface area (TPSA) is 72.2 Å². The van der Waals surface area contributed by atoms with Crippen molar-refractivity contribution in [3.63, 3.8) is 0 Å². The molecule has 2 aromatic carbocycles. The smallest absolute Gasteiger partial charge is 0.292 e. The van der Waals surface area contributed by atoms with Crippen LogP contribution in [0.2, 0.25) is 0 Å². The molecule has 4 bridgehead atoms. The first kappa shape index (κ1) is 18.3. The van der Waals surface area contributed by atoms with Crippen LogP contribution in [0.4, 0.5) is 11.4 Å². The number of hydrogen-bond acceptors (Lipinski definition) is 3. The van der Waals surface area contributed by atoms with Gasteiger partial charge in [-0.3, -0.25) is 14.9 Å². The van der Waals surface area contributed by atoms with E-state index in [1.807, 2.05) is 0 Å². The molecule has 4 aliphatic rings. The molecule has 1 N–H and O–H groups in total. The highest BCUT2D eigenvalue weighted by molar-refractivity contribution is 5.93. The van der Waals surface area contributed by atoms with E-state index in [0.29, 0.717) is 23.9 Å². The van der Waals surface area contributed by atoms with Crippen LogP contribution >= 0.6 is 0 Å². The van der Waals surface area contributed by atoms with E-state index in [0.717, 1.165) is 19.3 Å². The average Bonchev–Trinajstić information content (AvgIpc) is 2.67. The molecule has 1 amide bonds. The molecule has 0 spiro atoms. The number of carbonyl (C=O) groups excluding carboxylic acids is 1. The summed E-state index contributed by atoms with van der Waals surface area (Å²) in [4.78, 5) is 23.8. The molecule has 29 heavy (non-hydrogen) atoms. The first-order chi connectivity index (χ1) is 14.0. The molecule has 5 heteroatoms. The highest BCUT2D eigenvalue weighted by Crippen LogP contribution is 2.66. The summed E-state index contributed by atoms with van der Waals surface area (Å²) in [7, 11) is 0. The van der Waals surface area contributed by atoms with Gasteiger partial charge in [0.2, 0.25) is 5.91 Å². The first-order valence-electron chi connectivity index (χ1n) is 10.6. The van der Waals surface area contributed by atoms with Gasteiger partial charge >= 0.3 is 0 Å². The van der Waals surface area contributed by atoms with Crippen molar-refractivity contribution < 1.29 is 9.72 Å². The number of para-hydroxylation sites is 2. The van der Waals surface area contributed by atoms with Crippen molar-refractivity contribution in [1.29, 1.82) is 0 Å². The lowest BCUT2D eigenvalue weighted by molar-refractivity contribution is -0.383. The highest BCUT2D eigenvalue weighted by Gasteiger charge is 2.58. The van der Waals surface area contributed by atoms with Gasteiger partial charge in [-0.2, -0.15) is 0 Å². The summed E-state index contributed by atoms with van der Waals surface area (Å²) in [5.41, 5.74) is 1.90. The lowest BCUT2D eigenvalue weighted by Crippen LogP contribution is -2.54. The fraction of sp³-hybridized carbons (Fsp3) is 0.458. The van der Waals surface area contributed by atoms with Gasteiger partial charge in [0, 0.05) is 12.5 Å². The molecule has 0 aliphatic heterocycles. The maximum Gasteiger partial charge on any atom is 0.292 e. The van der Waals surface area contributed by atoms with Gasteiger partial charge in [-0.25, -0.2) is 0 Å². The molecule has 2 atom stereocenters. The molecular weight excluding hydrogens is 364 g/mol. The Bertz CT molecular complexity index is 942. The first-order valence-corrected chi connectivity index (χ1v) is 10.6. The second-order valence-corrected chi connectivity index (χ2v) is 9.61. The van der Waals surface area contributed by atoms with Crippen LogP contribution in [0, 0.1) is 27.4 Å². The Morgan fingerprint density at radius 2 is 1.66 bits per heavy atom. The number of benzene rings is 2. The SMILES string of the molecule is O=C(CC12C[C@H]3C[C@H](C1)CC(c1ccccc1)(C3)C2)Nc1ccccc1[N+](=O)[O-]. The zero-order valence-corrected chi connectivity index (χ0v) is 16.5. The van der Waals surface area contributed by atoms with Gasteiger partial charge in [0.05, 0.1) is 4.92 Å². The third kappa shape index (κ3) is 3.22. The Morgan fingerprint density at radius 1 is 1.00 bits per heavy atom. The second-order valence-electron chi connectivity index (χ2n) is 9.61. The van der Waals surface area contributed by atoms with Crippen molar-refractivity contribution in [2.45, 2.75) is 50.4 Å².